The molecular formula is C24H16Cl3N3O3. The minimum absolute atomic E-state index is 0.0868. The average molecular weight is 501 g/mol. The van der Waals surface area contributed by atoms with Crippen LogP contribution in [0.2, 0.25) is 10.0 Å². The van der Waals surface area contributed by atoms with E-state index in [1.54, 1.807) is 67.6 Å². The molecule has 1 aliphatic heterocycles. The van der Waals surface area contributed by atoms with Crippen LogP contribution in [0.1, 0.15) is 15.9 Å². The summed E-state index contributed by atoms with van der Waals surface area (Å²) in [5.41, 5.74) is 2.29. The molecule has 3 aromatic carbocycles. The number of benzene rings is 3. The van der Waals surface area contributed by atoms with E-state index < -0.39 is 11.8 Å². The van der Waals surface area contributed by atoms with Gasteiger partial charge in [-0.2, -0.15) is 0 Å². The Morgan fingerprint density at radius 3 is 2.24 bits per heavy atom. The summed E-state index contributed by atoms with van der Waals surface area (Å²) in [5, 5.41) is 6.33. The maximum atomic E-state index is 13.0. The predicted molar refractivity (Wildman–Crippen MR) is 131 cm³/mol. The molecule has 0 bridgehead atoms. The Kier molecular flexibility index (Phi) is 6.42. The molecule has 4 rings (SSSR count). The second kappa shape index (κ2) is 9.27. The first kappa shape index (κ1) is 22.9. The second-order valence-electron chi connectivity index (χ2n) is 7.23. The van der Waals surface area contributed by atoms with Crippen molar-refractivity contribution < 1.29 is 14.4 Å². The van der Waals surface area contributed by atoms with Crippen molar-refractivity contribution in [3.05, 3.63) is 98.6 Å². The molecule has 0 saturated carbocycles. The molecule has 0 radical (unpaired) electrons. The van der Waals surface area contributed by atoms with Gasteiger partial charge >= 0.3 is 0 Å². The van der Waals surface area contributed by atoms with Gasteiger partial charge in [0.1, 0.15) is 10.7 Å². The summed E-state index contributed by atoms with van der Waals surface area (Å²) in [6.07, 6.45) is 0. The first-order valence-electron chi connectivity index (χ1n) is 9.73. The number of aryl methyl sites for hydroxylation is 1. The number of anilines is 3. The lowest BCUT2D eigenvalue weighted by atomic mass is 10.1. The van der Waals surface area contributed by atoms with Crippen molar-refractivity contribution in [3.8, 4) is 0 Å². The van der Waals surface area contributed by atoms with Crippen LogP contribution in [0.25, 0.3) is 0 Å². The molecular weight excluding hydrogens is 485 g/mol. The van der Waals surface area contributed by atoms with Crippen molar-refractivity contribution in [2.75, 3.05) is 15.5 Å². The van der Waals surface area contributed by atoms with E-state index in [-0.39, 0.29) is 16.6 Å². The standard InChI is InChI=1S/C24H16Cl3N3O3/c1-13-5-6-16(26)12-19(13)30-23(32)20(27)21(24(30)33)28-18-4-2-3-14(11-18)22(31)29-17-9-7-15(25)8-10-17/h2-12,28H,1H3,(H,29,31). The van der Waals surface area contributed by atoms with Crippen LogP contribution in [0.5, 0.6) is 0 Å². The van der Waals surface area contributed by atoms with Gasteiger partial charge in [0, 0.05) is 27.0 Å². The van der Waals surface area contributed by atoms with E-state index in [2.05, 4.69) is 10.6 Å². The largest absolute Gasteiger partial charge is 0.350 e. The molecule has 9 heteroatoms. The van der Waals surface area contributed by atoms with E-state index in [0.29, 0.717) is 38.2 Å². The Balaban J connectivity index is 1.56. The fourth-order valence-corrected chi connectivity index (χ4v) is 3.78. The number of imide groups is 1. The number of hydrogen-bond acceptors (Lipinski definition) is 4. The Labute approximate surface area is 204 Å². The molecule has 33 heavy (non-hydrogen) atoms. The average Bonchev–Trinajstić information content (AvgIpc) is 3.00. The van der Waals surface area contributed by atoms with Gasteiger partial charge in [0.2, 0.25) is 0 Å². The predicted octanol–water partition coefficient (Wildman–Crippen LogP) is 5.99. The monoisotopic (exact) mass is 499 g/mol. The lowest BCUT2D eigenvalue weighted by molar-refractivity contribution is -0.120. The van der Waals surface area contributed by atoms with E-state index in [1.165, 1.54) is 6.07 Å². The van der Waals surface area contributed by atoms with E-state index in [1.807, 2.05) is 0 Å². The Bertz CT molecular complexity index is 1320. The number of nitrogens with zero attached hydrogens (tertiary/aromatic N) is 1. The van der Waals surface area contributed by atoms with Gasteiger partial charge in [-0.15, -0.1) is 0 Å². The van der Waals surface area contributed by atoms with Crippen molar-refractivity contribution in [1.29, 1.82) is 0 Å². The summed E-state index contributed by atoms with van der Waals surface area (Å²) in [6, 6.07) is 18.1. The fraction of sp³-hybridized carbons (Fsp3) is 0.0417. The van der Waals surface area contributed by atoms with Gasteiger partial charge in [-0.25, -0.2) is 4.90 Å². The molecule has 2 N–H and O–H groups in total. The normalized spacial score (nSPS) is 13.5. The number of hydrogen-bond donors (Lipinski definition) is 2. The SMILES string of the molecule is Cc1ccc(Cl)cc1N1C(=O)C(Cl)=C(Nc2cccc(C(=O)Nc3ccc(Cl)cc3)c2)C1=O. The third-order valence-corrected chi connectivity index (χ3v) is 5.77. The molecule has 1 aliphatic rings. The van der Waals surface area contributed by atoms with Gasteiger partial charge < -0.3 is 10.6 Å². The molecule has 3 aromatic rings. The van der Waals surface area contributed by atoms with Crippen LogP contribution in [-0.4, -0.2) is 17.7 Å². The number of carbonyl (C=O) groups is 3. The van der Waals surface area contributed by atoms with Crippen LogP contribution >= 0.6 is 34.8 Å². The Hall–Kier alpha value is -3.32. The highest BCUT2D eigenvalue weighted by Crippen LogP contribution is 2.33. The van der Waals surface area contributed by atoms with Gasteiger partial charge in [-0.05, 0) is 67.1 Å². The number of carbonyl (C=O) groups excluding carboxylic acids is 3. The molecule has 0 unspecified atom stereocenters. The molecule has 0 aromatic heterocycles. The number of rotatable bonds is 5. The Morgan fingerprint density at radius 1 is 0.818 bits per heavy atom. The van der Waals surface area contributed by atoms with Crippen molar-refractivity contribution in [1.82, 2.24) is 0 Å². The number of halogens is 3. The third-order valence-electron chi connectivity index (χ3n) is 4.94. The van der Waals surface area contributed by atoms with Crippen molar-refractivity contribution in [3.63, 3.8) is 0 Å². The van der Waals surface area contributed by atoms with Crippen molar-refractivity contribution in [2.45, 2.75) is 6.92 Å². The van der Waals surface area contributed by atoms with Gasteiger partial charge in [-0.1, -0.05) is 46.9 Å². The van der Waals surface area contributed by atoms with Gasteiger partial charge in [0.05, 0.1) is 5.69 Å². The molecule has 0 aliphatic carbocycles. The van der Waals surface area contributed by atoms with E-state index >= 15 is 0 Å². The van der Waals surface area contributed by atoms with Gasteiger partial charge in [-0.3, -0.25) is 14.4 Å². The lowest BCUT2D eigenvalue weighted by Gasteiger charge is -2.18. The zero-order valence-electron chi connectivity index (χ0n) is 17.2. The smallest absolute Gasteiger partial charge is 0.283 e. The lowest BCUT2D eigenvalue weighted by Crippen LogP contribution is -2.32. The summed E-state index contributed by atoms with van der Waals surface area (Å²) in [4.78, 5) is 39.4. The van der Waals surface area contributed by atoms with Gasteiger partial charge in [0.25, 0.3) is 17.7 Å². The number of amides is 3. The fourth-order valence-electron chi connectivity index (χ4n) is 3.27. The summed E-state index contributed by atoms with van der Waals surface area (Å²) in [7, 11) is 0. The molecule has 0 fully saturated rings. The van der Waals surface area contributed by atoms with Crippen LogP contribution in [0, 0.1) is 6.92 Å². The van der Waals surface area contributed by atoms with Crippen LogP contribution in [0.3, 0.4) is 0 Å². The minimum atomic E-state index is -0.661. The molecule has 1 heterocycles. The molecule has 0 atom stereocenters. The van der Waals surface area contributed by atoms with Crippen LogP contribution in [0.4, 0.5) is 17.1 Å². The maximum absolute atomic E-state index is 13.0. The van der Waals surface area contributed by atoms with Gasteiger partial charge in [0.15, 0.2) is 0 Å². The molecule has 3 amide bonds. The second-order valence-corrected chi connectivity index (χ2v) is 8.48. The quantitative estimate of drug-likeness (QED) is 0.422. The van der Waals surface area contributed by atoms with Crippen molar-refractivity contribution >= 4 is 69.6 Å². The highest BCUT2D eigenvalue weighted by atomic mass is 35.5. The zero-order valence-corrected chi connectivity index (χ0v) is 19.4. The summed E-state index contributed by atoms with van der Waals surface area (Å²) in [6.45, 7) is 1.76. The van der Waals surface area contributed by atoms with Crippen LogP contribution in [0.15, 0.2) is 77.5 Å². The molecule has 0 spiro atoms. The third kappa shape index (κ3) is 4.73. The van der Waals surface area contributed by atoms with Crippen LogP contribution < -0.4 is 15.5 Å². The molecule has 6 nitrogen and oxygen atoms in total. The minimum Gasteiger partial charge on any atom is -0.350 e. The van der Waals surface area contributed by atoms with E-state index in [9.17, 15) is 14.4 Å². The molecule has 0 saturated heterocycles. The number of nitrogens with one attached hydrogen (secondary N) is 2. The highest BCUT2D eigenvalue weighted by Gasteiger charge is 2.39. The summed E-state index contributed by atoms with van der Waals surface area (Å²) < 4.78 is 0. The maximum Gasteiger partial charge on any atom is 0.283 e. The van der Waals surface area contributed by atoms with E-state index in [0.717, 1.165) is 4.90 Å². The van der Waals surface area contributed by atoms with Crippen molar-refractivity contribution in [2.24, 2.45) is 0 Å². The first-order valence-corrected chi connectivity index (χ1v) is 10.9. The zero-order chi connectivity index (χ0) is 23.7. The van der Waals surface area contributed by atoms with Crippen LogP contribution in [-0.2, 0) is 9.59 Å². The molecule has 166 valence electrons. The highest BCUT2D eigenvalue weighted by molar-refractivity contribution is 6.53. The summed E-state index contributed by atoms with van der Waals surface area (Å²) in [5.74, 6) is -1.64. The Morgan fingerprint density at radius 2 is 1.52 bits per heavy atom. The topological polar surface area (TPSA) is 78.5 Å². The summed E-state index contributed by atoms with van der Waals surface area (Å²) >= 11 is 18.1. The van der Waals surface area contributed by atoms with E-state index in [4.69, 9.17) is 34.8 Å². The first-order chi connectivity index (χ1) is 15.7.